The Morgan fingerprint density at radius 1 is 1.28 bits per heavy atom. The molecule has 1 aromatic carbocycles. The van der Waals surface area contributed by atoms with Crippen molar-refractivity contribution in [2.45, 2.75) is 19.6 Å². The van der Waals surface area contributed by atoms with Crippen molar-refractivity contribution in [3.8, 4) is 0 Å². The van der Waals surface area contributed by atoms with E-state index < -0.39 is 9.84 Å². The van der Waals surface area contributed by atoms with Gasteiger partial charge in [0.15, 0.2) is 9.84 Å². The second-order valence-corrected chi connectivity index (χ2v) is 6.72. The standard InChI is InChI=1S/C11H10BrNO2S.C2H6/c1-16(14,15)7-8-5-9-3-2-4-13-11(9)10(12)6-8;1-2/h2-6H,7H2,1H3;1-2H3. The van der Waals surface area contributed by atoms with Crippen LogP contribution in [-0.4, -0.2) is 19.7 Å². The van der Waals surface area contributed by atoms with Crippen molar-refractivity contribution < 1.29 is 8.42 Å². The number of nitrogens with zero attached hydrogens (tertiary/aromatic N) is 1. The number of sulfone groups is 1. The first-order valence-electron chi connectivity index (χ1n) is 5.66. The third-order valence-corrected chi connectivity index (χ3v) is 3.61. The lowest BCUT2D eigenvalue weighted by molar-refractivity contribution is 0.601. The molecule has 0 amide bonds. The van der Waals surface area contributed by atoms with Gasteiger partial charge in [-0.1, -0.05) is 19.9 Å². The number of hydrogen-bond donors (Lipinski definition) is 0. The predicted octanol–water partition coefficient (Wildman–Crippen LogP) is 3.57. The van der Waals surface area contributed by atoms with Crippen molar-refractivity contribution in [1.82, 2.24) is 4.98 Å². The SMILES string of the molecule is CC.CS(=O)(=O)Cc1cc(Br)c2ncccc2c1. The van der Waals surface area contributed by atoms with Gasteiger partial charge in [-0.25, -0.2) is 8.42 Å². The van der Waals surface area contributed by atoms with Gasteiger partial charge in [-0.15, -0.1) is 0 Å². The molecule has 0 aliphatic heterocycles. The molecule has 0 radical (unpaired) electrons. The largest absolute Gasteiger partial charge is 0.255 e. The maximum Gasteiger partial charge on any atom is 0.151 e. The molecule has 0 aliphatic rings. The topological polar surface area (TPSA) is 47.0 Å². The molecule has 1 heterocycles. The molecule has 18 heavy (non-hydrogen) atoms. The number of hydrogen-bond acceptors (Lipinski definition) is 3. The molecule has 2 rings (SSSR count). The zero-order valence-corrected chi connectivity index (χ0v) is 13.0. The van der Waals surface area contributed by atoms with Gasteiger partial charge in [-0.3, -0.25) is 4.98 Å². The Kier molecular flexibility index (Phi) is 5.28. The van der Waals surface area contributed by atoms with Crippen LogP contribution in [0.2, 0.25) is 0 Å². The number of halogens is 1. The lowest BCUT2D eigenvalue weighted by atomic mass is 10.1. The quantitative estimate of drug-likeness (QED) is 0.846. The van der Waals surface area contributed by atoms with E-state index >= 15 is 0 Å². The van der Waals surface area contributed by atoms with E-state index in [1.54, 1.807) is 12.3 Å². The van der Waals surface area contributed by atoms with Crippen molar-refractivity contribution in [1.29, 1.82) is 0 Å². The van der Waals surface area contributed by atoms with E-state index in [0.717, 1.165) is 20.9 Å². The molecular weight excluding hydrogens is 314 g/mol. The van der Waals surface area contributed by atoms with Gasteiger partial charge >= 0.3 is 0 Å². The molecule has 0 fully saturated rings. The lowest BCUT2D eigenvalue weighted by Crippen LogP contribution is -2.00. The highest BCUT2D eigenvalue weighted by atomic mass is 79.9. The first-order chi connectivity index (χ1) is 8.46. The summed E-state index contributed by atoms with van der Waals surface area (Å²) in [7, 11) is -3.00. The normalized spacial score (nSPS) is 10.9. The zero-order chi connectivity index (χ0) is 13.8. The van der Waals surface area contributed by atoms with E-state index in [2.05, 4.69) is 20.9 Å². The van der Waals surface area contributed by atoms with E-state index in [9.17, 15) is 8.42 Å². The summed E-state index contributed by atoms with van der Waals surface area (Å²) in [5.74, 6) is 0.0520. The number of rotatable bonds is 2. The first-order valence-corrected chi connectivity index (χ1v) is 8.52. The van der Waals surface area contributed by atoms with Crippen LogP contribution >= 0.6 is 15.9 Å². The summed E-state index contributed by atoms with van der Waals surface area (Å²) in [6.07, 6.45) is 2.94. The Hall–Kier alpha value is -0.940. The number of benzene rings is 1. The minimum Gasteiger partial charge on any atom is -0.255 e. The monoisotopic (exact) mass is 329 g/mol. The molecular formula is C13H16BrNO2S. The molecule has 0 aliphatic carbocycles. The van der Waals surface area contributed by atoms with Gasteiger partial charge in [0.1, 0.15) is 0 Å². The molecule has 0 saturated heterocycles. The molecule has 0 saturated carbocycles. The Balaban J connectivity index is 0.000000771. The molecule has 5 heteroatoms. The summed E-state index contributed by atoms with van der Waals surface area (Å²) >= 11 is 3.40. The van der Waals surface area contributed by atoms with Gasteiger partial charge in [-0.2, -0.15) is 0 Å². The zero-order valence-electron chi connectivity index (χ0n) is 10.6. The number of pyridine rings is 1. The Morgan fingerprint density at radius 2 is 1.94 bits per heavy atom. The molecule has 3 nitrogen and oxygen atoms in total. The number of fused-ring (bicyclic) bond motifs is 1. The minimum absolute atomic E-state index is 0.0520. The molecule has 98 valence electrons. The number of aromatic nitrogens is 1. The van der Waals surface area contributed by atoms with Crippen molar-refractivity contribution in [2.24, 2.45) is 0 Å². The minimum atomic E-state index is -3.00. The molecule has 2 aromatic rings. The molecule has 1 aromatic heterocycles. The summed E-state index contributed by atoms with van der Waals surface area (Å²) in [5, 5.41) is 0.940. The highest BCUT2D eigenvalue weighted by Gasteiger charge is 2.08. The van der Waals surface area contributed by atoms with E-state index in [1.807, 2.05) is 32.0 Å². The van der Waals surface area contributed by atoms with Crippen LogP contribution in [0.25, 0.3) is 10.9 Å². The average Bonchev–Trinajstić information content (AvgIpc) is 2.29. The predicted molar refractivity (Wildman–Crippen MR) is 79.3 cm³/mol. The summed E-state index contributed by atoms with van der Waals surface area (Å²) in [6, 6.07) is 7.41. The maximum atomic E-state index is 11.2. The van der Waals surface area contributed by atoms with Gasteiger partial charge in [0, 0.05) is 22.3 Å². The van der Waals surface area contributed by atoms with Crippen molar-refractivity contribution in [2.75, 3.05) is 6.26 Å². The smallest absolute Gasteiger partial charge is 0.151 e. The average molecular weight is 330 g/mol. The summed E-state index contributed by atoms with van der Waals surface area (Å²) in [5.41, 5.74) is 1.62. The van der Waals surface area contributed by atoms with Gasteiger partial charge in [0.25, 0.3) is 0 Å². The Labute approximate surface area is 116 Å². The van der Waals surface area contributed by atoms with Crippen LogP contribution in [0.1, 0.15) is 19.4 Å². The van der Waals surface area contributed by atoms with Gasteiger partial charge in [0.05, 0.1) is 11.3 Å². The molecule has 0 spiro atoms. The summed E-state index contributed by atoms with van der Waals surface area (Å²) in [6.45, 7) is 4.00. The molecule has 0 unspecified atom stereocenters. The van der Waals surface area contributed by atoms with Crippen LogP contribution in [0, 0.1) is 0 Å². The van der Waals surface area contributed by atoms with Crippen LogP contribution in [0.4, 0.5) is 0 Å². The molecule has 0 bridgehead atoms. The van der Waals surface area contributed by atoms with E-state index in [4.69, 9.17) is 0 Å². The van der Waals surface area contributed by atoms with Crippen molar-refractivity contribution in [3.63, 3.8) is 0 Å². The van der Waals surface area contributed by atoms with Crippen LogP contribution in [-0.2, 0) is 15.6 Å². The first kappa shape index (κ1) is 15.1. The van der Waals surface area contributed by atoms with Gasteiger partial charge in [-0.05, 0) is 39.7 Å². The highest BCUT2D eigenvalue weighted by molar-refractivity contribution is 9.10. The fourth-order valence-corrected chi connectivity index (χ4v) is 2.99. The van der Waals surface area contributed by atoms with E-state index in [-0.39, 0.29) is 5.75 Å². The van der Waals surface area contributed by atoms with Gasteiger partial charge in [0.2, 0.25) is 0 Å². The van der Waals surface area contributed by atoms with Gasteiger partial charge < -0.3 is 0 Å². The lowest BCUT2D eigenvalue weighted by Gasteiger charge is -2.04. The van der Waals surface area contributed by atoms with Crippen LogP contribution < -0.4 is 0 Å². The Bertz CT molecular complexity index is 638. The Morgan fingerprint density at radius 3 is 2.56 bits per heavy atom. The van der Waals surface area contributed by atoms with E-state index in [0.29, 0.717) is 0 Å². The van der Waals surface area contributed by atoms with Crippen LogP contribution in [0.3, 0.4) is 0 Å². The fourth-order valence-electron chi connectivity index (χ4n) is 1.59. The molecule has 0 atom stereocenters. The second-order valence-electron chi connectivity index (χ2n) is 3.72. The van der Waals surface area contributed by atoms with Crippen LogP contribution in [0.5, 0.6) is 0 Å². The van der Waals surface area contributed by atoms with E-state index in [1.165, 1.54) is 6.26 Å². The maximum absolute atomic E-state index is 11.2. The van der Waals surface area contributed by atoms with Crippen molar-refractivity contribution in [3.05, 3.63) is 40.5 Å². The summed E-state index contributed by atoms with van der Waals surface area (Å²) in [4.78, 5) is 4.22. The summed E-state index contributed by atoms with van der Waals surface area (Å²) < 4.78 is 23.3. The highest BCUT2D eigenvalue weighted by Crippen LogP contribution is 2.24. The van der Waals surface area contributed by atoms with Crippen molar-refractivity contribution >= 4 is 36.7 Å². The molecule has 0 N–H and O–H groups in total. The second kappa shape index (κ2) is 6.29. The van der Waals surface area contributed by atoms with Crippen LogP contribution in [0.15, 0.2) is 34.9 Å². The third kappa shape index (κ3) is 4.07. The fraction of sp³-hybridized carbons (Fsp3) is 0.308. The third-order valence-electron chi connectivity index (χ3n) is 2.15.